The predicted octanol–water partition coefficient (Wildman–Crippen LogP) is 2.87. The van der Waals surface area contributed by atoms with Crippen LogP contribution in [0.5, 0.6) is 5.75 Å². The van der Waals surface area contributed by atoms with Crippen molar-refractivity contribution in [3.63, 3.8) is 0 Å². The van der Waals surface area contributed by atoms with Crippen LogP contribution in [-0.2, 0) is 6.54 Å². The van der Waals surface area contributed by atoms with Gasteiger partial charge in [-0.2, -0.15) is 8.78 Å². The van der Waals surface area contributed by atoms with Crippen LogP contribution in [0.4, 0.5) is 8.78 Å². The second kappa shape index (κ2) is 8.94. The number of nitrogens with zero attached hydrogens (tertiary/aromatic N) is 2. The Balaban J connectivity index is 2.67. The molecular weight excluding hydrogens is 276 g/mol. The Labute approximate surface area is 124 Å². The molecule has 1 aromatic rings. The van der Waals surface area contributed by atoms with E-state index < -0.39 is 6.61 Å². The van der Waals surface area contributed by atoms with Crippen LogP contribution >= 0.6 is 0 Å². The second-order valence-corrected chi connectivity index (χ2v) is 4.36. The minimum absolute atomic E-state index is 0.156. The quantitative estimate of drug-likeness (QED) is 0.478. The van der Waals surface area contributed by atoms with Crippen LogP contribution in [0.1, 0.15) is 12.5 Å². The Morgan fingerprint density at radius 2 is 2.10 bits per heavy atom. The molecule has 0 saturated heterocycles. The SMILES string of the molecule is C=CCN=C(NCC)N(C)Cc1ccc(OC(F)F)cc1. The highest BCUT2D eigenvalue weighted by molar-refractivity contribution is 5.79. The molecular formula is C15H21F2N3O. The molecule has 0 aromatic heterocycles. The van der Waals surface area contributed by atoms with E-state index in [1.807, 2.05) is 18.9 Å². The number of hydrogen-bond acceptors (Lipinski definition) is 2. The molecule has 21 heavy (non-hydrogen) atoms. The third kappa shape index (κ3) is 6.25. The molecule has 0 radical (unpaired) electrons. The summed E-state index contributed by atoms with van der Waals surface area (Å²) in [4.78, 5) is 6.33. The lowest BCUT2D eigenvalue weighted by molar-refractivity contribution is -0.0498. The zero-order valence-corrected chi connectivity index (χ0v) is 12.4. The first kappa shape index (κ1) is 16.9. The second-order valence-electron chi connectivity index (χ2n) is 4.36. The molecule has 0 bridgehead atoms. The Kier molecular flexibility index (Phi) is 7.21. The zero-order chi connectivity index (χ0) is 15.7. The maximum Gasteiger partial charge on any atom is 0.387 e. The Bertz CT molecular complexity index is 460. The van der Waals surface area contributed by atoms with Gasteiger partial charge in [0.1, 0.15) is 5.75 Å². The number of hydrogen-bond donors (Lipinski definition) is 1. The van der Waals surface area contributed by atoms with Crippen LogP contribution < -0.4 is 10.1 Å². The van der Waals surface area contributed by atoms with Crippen LogP contribution in [0.25, 0.3) is 0 Å². The molecule has 116 valence electrons. The first-order valence-corrected chi connectivity index (χ1v) is 6.71. The summed E-state index contributed by atoms with van der Waals surface area (Å²) in [5, 5.41) is 3.18. The number of rotatable bonds is 7. The van der Waals surface area contributed by atoms with E-state index in [1.165, 1.54) is 12.1 Å². The van der Waals surface area contributed by atoms with Gasteiger partial charge >= 0.3 is 6.61 Å². The van der Waals surface area contributed by atoms with Gasteiger partial charge in [-0.3, -0.25) is 0 Å². The summed E-state index contributed by atoms with van der Waals surface area (Å²) in [5.41, 5.74) is 0.975. The lowest BCUT2D eigenvalue weighted by atomic mass is 10.2. The smallest absolute Gasteiger partial charge is 0.387 e. The molecule has 0 amide bonds. The van der Waals surface area contributed by atoms with Gasteiger partial charge in [-0.1, -0.05) is 18.2 Å². The molecule has 4 nitrogen and oxygen atoms in total. The number of nitrogens with one attached hydrogen (secondary N) is 1. The molecule has 0 spiro atoms. The van der Waals surface area contributed by atoms with Crippen molar-refractivity contribution in [2.24, 2.45) is 4.99 Å². The van der Waals surface area contributed by atoms with Crippen molar-refractivity contribution in [3.05, 3.63) is 42.5 Å². The van der Waals surface area contributed by atoms with Crippen molar-refractivity contribution < 1.29 is 13.5 Å². The Morgan fingerprint density at radius 3 is 2.62 bits per heavy atom. The molecule has 1 rings (SSSR count). The average molecular weight is 297 g/mol. The molecule has 0 heterocycles. The van der Waals surface area contributed by atoms with Gasteiger partial charge in [0.2, 0.25) is 0 Å². The van der Waals surface area contributed by atoms with Crippen molar-refractivity contribution in [2.45, 2.75) is 20.1 Å². The summed E-state index contributed by atoms with van der Waals surface area (Å²) in [6, 6.07) is 6.57. The predicted molar refractivity (Wildman–Crippen MR) is 80.7 cm³/mol. The summed E-state index contributed by atoms with van der Waals surface area (Å²) in [6.07, 6.45) is 1.72. The third-order valence-corrected chi connectivity index (χ3v) is 2.63. The lowest BCUT2D eigenvalue weighted by Gasteiger charge is -2.22. The van der Waals surface area contributed by atoms with Gasteiger partial charge in [-0.15, -0.1) is 6.58 Å². The topological polar surface area (TPSA) is 36.9 Å². The van der Waals surface area contributed by atoms with E-state index in [0.717, 1.165) is 18.1 Å². The number of benzene rings is 1. The van der Waals surface area contributed by atoms with Gasteiger partial charge in [0.05, 0.1) is 6.54 Å². The fraction of sp³-hybridized carbons (Fsp3) is 0.400. The fourth-order valence-corrected chi connectivity index (χ4v) is 1.75. The largest absolute Gasteiger partial charge is 0.435 e. The van der Waals surface area contributed by atoms with Gasteiger partial charge in [0.25, 0.3) is 0 Å². The van der Waals surface area contributed by atoms with Crippen molar-refractivity contribution in [3.8, 4) is 5.75 Å². The van der Waals surface area contributed by atoms with E-state index in [0.29, 0.717) is 13.1 Å². The van der Waals surface area contributed by atoms with E-state index in [1.54, 1.807) is 18.2 Å². The highest BCUT2D eigenvalue weighted by Gasteiger charge is 2.07. The molecule has 0 saturated carbocycles. The van der Waals surface area contributed by atoms with Crippen LogP contribution in [0, 0.1) is 0 Å². The van der Waals surface area contributed by atoms with Crippen LogP contribution in [0.15, 0.2) is 41.9 Å². The van der Waals surface area contributed by atoms with Crippen LogP contribution in [0.3, 0.4) is 0 Å². The maximum atomic E-state index is 12.1. The van der Waals surface area contributed by atoms with E-state index in [9.17, 15) is 8.78 Å². The summed E-state index contributed by atoms with van der Waals surface area (Å²) in [5.74, 6) is 0.925. The van der Waals surface area contributed by atoms with E-state index >= 15 is 0 Å². The minimum atomic E-state index is -2.80. The number of aliphatic imine (C=N–C) groups is 1. The summed E-state index contributed by atoms with van der Waals surface area (Å²) < 4.78 is 28.5. The number of guanidine groups is 1. The van der Waals surface area contributed by atoms with Gasteiger partial charge in [0, 0.05) is 20.1 Å². The highest BCUT2D eigenvalue weighted by atomic mass is 19.3. The van der Waals surface area contributed by atoms with Gasteiger partial charge in [-0.25, -0.2) is 4.99 Å². The number of ether oxygens (including phenoxy) is 1. The molecule has 1 N–H and O–H groups in total. The molecule has 0 atom stereocenters. The van der Waals surface area contributed by atoms with Gasteiger partial charge in [-0.05, 0) is 24.6 Å². The van der Waals surface area contributed by atoms with Crippen LogP contribution in [-0.4, -0.2) is 37.6 Å². The third-order valence-electron chi connectivity index (χ3n) is 2.63. The average Bonchev–Trinajstić information content (AvgIpc) is 2.45. The van der Waals surface area contributed by atoms with Crippen molar-refractivity contribution in [2.75, 3.05) is 20.1 Å². The van der Waals surface area contributed by atoms with Crippen molar-refractivity contribution in [1.82, 2.24) is 10.2 Å². The normalized spacial score (nSPS) is 11.4. The first-order chi connectivity index (χ1) is 10.1. The molecule has 0 aliphatic carbocycles. The van der Waals surface area contributed by atoms with Crippen LogP contribution in [0.2, 0.25) is 0 Å². The Hall–Kier alpha value is -2.11. The standard InChI is InChI=1S/C15H21F2N3O/c1-4-10-19-15(18-5-2)20(3)11-12-6-8-13(9-7-12)21-14(16)17/h4,6-9,14H,1,5,10-11H2,2-3H3,(H,18,19). The van der Waals surface area contributed by atoms with Gasteiger partial charge < -0.3 is 15.0 Å². The molecule has 0 unspecified atom stereocenters. The zero-order valence-electron chi connectivity index (χ0n) is 12.4. The molecule has 6 heteroatoms. The molecule has 0 aliphatic heterocycles. The summed E-state index contributed by atoms with van der Waals surface area (Å²) >= 11 is 0. The summed E-state index contributed by atoms with van der Waals surface area (Å²) in [6.45, 7) is 4.74. The number of alkyl halides is 2. The lowest BCUT2D eigenvalue weighted by Crippen LogP contribution is -2.38. The van der Waals surface area contributed by atoms with Crippen molar-refractivity contribution >= 4 is 5.96 Å². The maximum absolute atomic E-state index is 12.1. The van der Waals surface area contributed by atoms with Crippen molar-refractivity contribution in [1.29, 1.82) is 0 Å². The minimum Gasteiger partial charge on any atom is -0.435 e. The number of halogens is 2. The monoisotopic (exact) mass is 297 g/mol. The van der Waals surface area contributed by atoms with E-state index in [4.69, 9.17) is 0 Å². The van der Waals surface area contributed by atoms with E-state index in [2.05, 4.69) is 21.6 Å². The molecule has 1 aromatic carbocycles. The first-order valence-electron chi connectivity index (χ1n) is 6.71. The molecule has 0 fully saturated rings. The highest BCUT2D eigenvalue weighted by Crippen LogP contribution is 2.15. The molecule has 0 aliphatic rings. The fourth-order valence-electron chi connectivity index (χ4n) is 1.75. The van der Waals surface area contributed by atoms with E-state index in [-0.39, 0.29) is 5.75 Å². The Morgan fingerprint density at radius 1 is 1.43 bits per heavy atom. The van der Waals surface area contributed by atoms with Gasteiger partial charge in [0.15, 0.2) is 5.96 Å². The summed E-state index contributed by atoms with van der Waals surface area (Å²) in [7, 11) is 1.91.